The predicted molar refractivity (Wildman–Crippen MR) is 88.8 cm³/mol. The lowest BCUT2D eigenvalue weighted by Crippen LogP contribution is -2.39. The van der Waals surface area contributed by atoms with Gasteiger partial charge in [0, 0.05) is 25.1 Å². The van der Waals surface area contributed by atoms with Crippen LogP contribution in [0.5, 0.6) is 0 Å². The molecule has 0 bridgehead atoms. The number of furan rings is 1. The summed E-state index contributed by atoms with van der Waals surface area (Å²) in [5.41, 5.74) is 1.12. The van der Waals surface area contributed by atoms with Gasteiger partial charge in [-0.3, -0.25) is 9.89 Å². The molecular weight excluding hydrogens is 326 g/mol. The van der Waals surface area contributed by atoms with Crippen molar-refractivity contribution in [2.24, 2.45) is 0 Å². The summed E-state index contributed by atoms with van der Waals surface area (Å²) < 4.78 is 5.33. The lowest BCUT2D eigenvalue weighted by molar-refractivity contribution is 0.0701. The van der Waals surface area contributed by atoms with Crippen LogP contribution in [0.1, 0.15) is 39.3 Å². The molecule has 1 aliphatic rings. The van der Waals surface area contributed by atoms with E-state index in [0.29, 0.717) is 23.7 Å². The molecule has 1 aliphatic heterocycles. The van der Waals surface area contributed by atoms with Crippen molar-refractivity contribution in [1.29, 1.82) is 0 Å². The minimum Gasteiger partial charge on any atom is -0.463 e. The molecule has 1 saturated heterocycles. The average Bonchev–Trinajstić information content (AvgIpc) is 3.34. The number of piperidine rings is 1. The Morgan fingerprint density at radius 1 is 1.46 bits per heavy atom. The third-order valence-corrected chi connectivity index (χ3v) is 5.18. The third-order valence-electron chi connectivity index (χ3n) is 4.18. The van der Waals surface area contributed by atoms with Crippen molar-refractivity contribution >= 4 is 17.2 Å². The summed E-state index contributed by atoms with van der Waals surface area (Å²) >= 11 is 1.61. The van der Waals surface area contributed by atoms with E-state index in [1.165, 1.54) is 0 Å². The maximum absolute atomic E-state index is 12.7. The van der Waals surface area contributed by atoms with Crippen molar-refractivity contribution < 1.29 is 9.21 Å². The van der Waals surface area contributed by atoms with Crippen molar-refractivity contribution in [1.82, 2.24) is 25.3 Å². The predicted octanol–water partition coefficient (Wildman–Crippen LogP) is 2.85. The summed E-state index contributed by atoms with van der Waals surface area (Å²) in [4.78, 5) is 14.6. The van der Waals surface area contributed by atoms with Crippen LogP contribution in [0.25, 0.3) is 11.5 Å². The molecule has 4 rings (SSSR count). The molecule has 124 valence electrons. The number of aromatic nitrogens is 4. The Labute approximate surface area is 142 Å². The number of hydrogen-bond acceptors (Lipinski definition) is 6. The van der Waals surface area contributed by atoms with E-state index in [2.05, 4.69) is 20.4 Å². The molecule has 7 nitrogen and oxygen atoms in total. The number of aryl methyl sites for hydroxylation is 1. The SMILES string of the molecule is Cc1nnc([C@H]2CCCN(C(=O)c3cc(-c4ccco4)[nH]n3)C2)s1. The van der Waals surface area contributed by atoms with Crippen molar-refractivity contribution in [3.8, 4) is 11.5 Å². The molecule has 4 heterocycles. The van der Waals surface area contributed by atoms with Gasteiger partial charge >= 0.3 is 0 Å². The molecule has 3 aromatic heterocycles. The minimum atomic E-state index is -0.0602. The number of carbonyl (C=O) groups excluding carboxylic acids is 1. The highest BCUT2D eigenvalue weighted by Gasteiger charge is 2.28. The summed E-state index contributed by atoms with van der Waals surface area (Å²) in [6.07, 6.45) is 3.60. The highest BCUT2D eigenvalue weighted by molar-refractivity contribution is 7.11. The van der Waals surface area contributed by atoms with Crippen molar-refractivity contribution in [3.63, 3.8) is 0 Å². The molecule has 0 spiro atoms. The smallest absolute Gasteiger partial charge is 0.274 e. The summed E-state index contributed by atoms with van der Waals surface area (Å²) in [7, 11) is 0. The lowest BCUT2D eigenvalue weighted by atomic mass is 9.98. The monoisotopic (exact) mass is 343 g/mol. The van der Waals surface area contributed by atoms with Crippen LogP contribution in [-0.2, 0) is 0 Å². The van der Waals surface area contributed by atoms with Gasteiger partial charge in [0.25, 0.3) is 5.91 Å². The van der Waals surface area contributed by atoms with E-state index in [1.54, 1.807) is 29.7 Å². The van der Waals surface area contributed by atoms with E-state index >= 15 is 0 Å². The normalized spacial score (nSPS) is 18.0. The maximum Gasteiger partial charge on any atom is 0.274 e. The second kappa shape index (κ2) is 6.20. The number of aromatic amines is 1. The summed E-state index contributed by atoms with van der Waals surface area (Å²) in [6, 6.07) is 5.37. The number of carbonyl (C=O) groups is 1. The van der Waals surface area contributed by atoms with Crippen LogP contribution in [0.2, 0.25) is 0 Å². The molecule has 8 heteroatoms. The van der Waals surface area contributed by atoms with Gasteiger partial charge in [-0.25, -0.2) is 0 Å². The Kier molecular flexibility index (Phi) is 3.89. The van der Waals surface area contributed by atoms with Gasteiger partial charge in [-0.15, -0.1) is 21.5 Å². The van der Waals surface area contributed by atoms with Crippen molar-refractivity contribution in [2.75, 3.05) is 13.1 Å². The fourth-order valence-corrected chi connectivity index (χ4v) is 3.82. The van der Waals surface area contributed by atoms with Gasteiger partial charge in [0.15, 0.2) is 11.5 Å². The van der Waals surface area contributed by atoms with E-state index in [1.807, 2.05) is 17.9 Å². The molecule has 1 atom stereocenters. The number of nitrogens with zero attached hydrogens (tertiary/aromatic N) is 4. The van der Waals surface area contributed by atoms with Gasteiger partial charge in [0.05, 0.1) is 6.26 Å². The Morgan fingerprint density at radius 2 is 2.38 bits per heavy atom. The Hall–Kier alpha value is -2.48. The number of H-pyrrole nitrogens is 1. The zero-order valence-corrected chi connectivity index (χ0v) is 14.0. The molecule has 0 aliphatic carbocycles. The number of nitrogens with one attached hydrogen (secondary N) is 1. The molecule has 1 fully saturated rings. The lowest BCUT2D eigenvalue weighted by Gasteiger charge is -2.31. The van der Waals surface area contributed by atoms with Gasteiger partial charge in [-0.1, -0.05) is 0 Å². The largest absolute Gasteiger partial charge is 0.463 e. The van der Waals surface area contributed by atoms with E-state index in [4.69, 9.17) is 4.42 Å². The molecule has 0 radical (unpaired) electrons. The van der Waals surface area contributed by atoms with Gasteiger partial charge in [-0.2, -0.15) is 5.10 Å². The quantitative estimate of drug-likeness (QED) is 0.790. The highest BCUT2D eigenvalue weighted by atomic mass is 32.1. The van der Waals surface area contributed by atoms with Gasteiger partial charge in [-0.05, 0) is 31.9 Å². The second-order valence-corrected chi connectivity index (χ2v) is 7.11. The van der Waals surface area contributed by atoms with E-state index in [9.17, 15) is 4.79 Å². The zero-order chi connectivity index (χ0) is 16.5. The van der Waals surface area contributed by atoms with Crippen LogP contribution in [0.4, 0.5) is 0 Å². The first-order chi connectivity index (χ1) is 11.7. The Bertz CT molecular complexity index is 838. The minimum absolute atomic E-state index is 0.0602. The molecule has 3 aromatic rings. The van der Waals surface area contributed by atoms with Crippen LogP contribution < -0.4 is 0 Å². The Morgan fingerprint density at radius 3 is 3.12 bits per heavy atom. The number of rotatable bonds is 3. The average molecular weight is 343 g/mol. The number of amides is 1. The molecule has 0 unspecified atom stereocenters. The topological polar surface area (TPSA) is 87.9 Å². The molecule has 0 aromatic carbocycles. The molecule has 0 saturated carbocycles. The summed E-state index contributed by atoms with van der Waals surface area (Å²) in [6.45, 7) is 3.36. The summed E-state index contributed by atoms with van der Waals surface area (Å²) in [5, 5.41) is 17.3. The highest BCUT2D eigenvalue weighted by Crippen LogP contribution is 2.29. The van der Waals surface area contributed by atoms with Gasteiger partial charge < -0.3 is 9.32 Å². The fourth-order valence-electron chi connectivity index (χ4n) is 2.99. The molecule has 24 heavy (non-hydrogen) atoms. The Balaban J connectivity index is 1.50. The number of likely N-dealkylation sites (tertiary alicyclic amines) is 1. The first-order valence-electron chi connectivity index (χ1n) is 7.89. The van der Waals surface area contributed by atoms with E-state index < -0.39 is 0 Å². The fraction of sp³-hybridized carbons (Fsp3) is 0.375. The van der Waals surface area contributed by atoms with Crippen LogP contribution in [0.3, 0.4) is 0 Å². The van der Waals surface area contributed by atoms with Gasteiger partial charge in [0.1, 0.15) is 15.7 Å². The third kappa shape index (κ3) is 2.84. The first kappa shape index (κ1) is 15.1. The van der Waals surface area contributed by atoms with E-state index in [0.717, 1.165) is 29.4 Å². The molecule has 1 N–H and O–H groups in total. The molecular formula is C16H17N5O2S. The van der Waals surface area contributed by atoms with Crippen LogP contribution in [-0.4, -0.2) is 44.3 Å². The van der Waals surface area contributed by atoms with Crippen molar-refractivity contribution in [2.45, 2.75) is 25.7 Å². The van der Waals surface area contributed by atoms with E-state index in [-0.39, 0.29) is 11.8 Å². The number of hydrogen-bond donors (Lipinski definition) is 1. The van der Waals surface area contributed by atoms with Crippen LogP contribution in [0.15, 0.2) is 28.9 Å². The second-order valence-electron chi connectivity index (χ2n) is 5.89. The summed E-state index contributed by atoms with van der Waals surface area (Å²) in [5.74, 6) is 0.870. The van der Waals surface area contributed by atoms with Crippen LogP contribution >= 0.6 is 11.3 Å². The maximum atomic E-state index is 12.7. The first-order valence-corrected chi connectivity index (χ1v) is 8.71. The standard InChI is InChI=1S/C16H17N5O2S/c1-10-17-20-15(24-10)11-4-2-6-21(9-11)16(22)13-8-12(18-19-13)14-5-3-7-23-14/h3,5,7-8,11H,2,4,6,9H2,1H3,(H,18,19)/t11-/m0/s1. The zero-order valence-electron chi connectivity index (χ0n) is 13.2. The van der Waals surface area contributed by atoms with Crippen LogP contribution in [0, 0.1) is 6.92 Å². The molecule has 1 amide bonds. The van der Waals surface area contributed by atoms with Crippen molar-refractivity contribution in [3.05, 3.63) is 40.2 Å². The van der Waals surface area contributed by atoms with Gasteiger partial charge in [0.2, 0.25) is 0 Å².